The summed E-state index contributed by atoms with van der Waals surface area (Å²) in [5.41, 5.74) is 0.302. The molecule has 0 saturated carbocycles. The van der Waals surface area contributed by atoms with E-state index in [0.717, 1.165) is 19.3 Å². The average Bonchev–Trinajstić information content (AvgIpc) is 3.34. The zero-order valence-corrected chi connectivity index (χ0v) is 16.2. The monoisotopic (exact) mass is 405 g/mol. The zero-order valence-electron chi connectivity index (χ0n) is 15.4. The average molecular weight is 405 g/mol. The fourth-order valence-electron chi connectivity index (χ4n) is 3.06. The van der Waals surface area contributed by atoms with Crippen LogP contribution in [0.3, 0.4) is 0 Å². The fourth-order valence-corrected chi connectivity index (χ4v) is 4.19. The van der Waals surface area contributed by atoms with Crippen LogP contribution in [0.4, 0.5) is 5.69 Å². The molecule has 28 heavy (non-hydrogen) atoms. The topological polar surface area (TPSA) is 114 Å². The van der Waals surface area contributed by atoms with Crippen LogP contribution < -0.4 is 10.0 Å². The molecule has 0 bridgehead atoms. The maximum Gasteiger partial charge on any atom is 0.306 e. The Labute approximate surface area is 164 Å². The van der Waals surface area contributed by atoms with Gasteiger partial charge in [-0.2, -0.15) is 0 Å². The summed E-state index contributed by atoms with van der Waals surface area (Å²) in [6.07, 6.45) is 7.57. The summed E-state index contributed by atoms with van der Waals surface area (Å²) in [5.74, 6) is -0.338. The molecule has 9 heteroatoms. The molecule has 0 aromatic heterocycles. The minimum Gasteiger partial charge on any atom is -0.456 e. The second-order valence-corrected chi connectivity index (χ2v) is 8.43. The van der Waals surface area contributed by atoms with E-state index in [2.05, 4.69) is 15.0 Å². The Bertz CT molecular complexity index is 908. The van der Waals surface area contributed by atoms with Gasteiger partial charge in [0.1, 0.15) is 5.84 Å². The predicted octanol–water partition coefficient (Wildman–Crippen LogP) is 2.00. The van der Waals surface area contributed by atoms with E-state index >= 15 is 0 Å². The number of allylic oxidation sites excluding steroid dienone is 2. The Kier molecular flexibility index (Phi) is 6.45. The van der Waals surface area contributed by atoms with Crippen molar-refractivity contribution in [1.29, 1.82) is 0 Å². The lowest BCUT2D eigenvalue weighted by Crippen LogP contribution is -2.29. The second kappa shape index (κ2) is 9.01. The summed E-state index contributed by atoms with van der Waals surface area (Å²) in [7, 11) is -3.77. The lowest BCUT2D eigenvalue weighted by molar-refractivity contribution is -0.147. The molecule has 0 unspecified atom stereocenters. The van der Waals surface area contributed by atoms with Gasteiger partial charge in [-0.05, 0) is 43.4 Å². The second-order valence-electron chi connectivity index (χ2n) is 6.74. The van der Waals surface area contributed by atoms with Crippen LogP contribution >= 0.6 is 0 Å². The van der Waals surface area contributed by atoms with Crippen molar-refractivity contribution in [3.8, 4) is 0 Å². The minimum atomic E-state index is -3.77. The number of esters is 1. The SMILES string of the molecule is O=C(COC(=O)C[C@@H]1C=CCC1)Nc1cccc(S(=O)(=O)NC2=NCCC2)c1. The normalized spacial score (nSPS) is 18.6. The number of amidine groups is 1. The number of ether oxygens (including phenoxy) is 1. The Morgan fingerprint density at radius 1 is 1.29 bits per heavy atom. The van der Waals surface area contributed by atoms with Crippen molar-refractivity contribution in [2.24, 2.45) is 10.9 Å². The maximum absolute atomic E-state index is 12.4. The predicted molar refractivity (Wildman–Crippen MR) is 104 cm³/mol. The number of hydrogen-bond donors (Lipinski definition) is 2. The van der Waals surface area contributed by atoms with Gasteiger partial charge in [0.2, 0.25) is 0 Å². The van der Waals surface area contributed by atoms with Gasteiger partial charge in [-0.1, -0.05) is 18.2 Å². The van der Waals surface area contributed by atoms with Crippen LogP contribution in [0.2, 0.25) is 0 Å². The van der Waals surface area contributed by atoms with Gasteiger partial charge >= 0.3 is 5.97 Å². The lowest BCUT2D eigenvalue weighted by atomic mass is 10.1. The quantitative estimate of drug-likeness (QED) is 0.532. The highest BCUT2D eigenvalue weighted by atomic mass is 32.2. The molecular formula is C19H23N3O5S. The van der Waals surface area contributed by atoms with Gasteiger partial charge in [-0.25, -0.2) is 8.42 Å². The van der Waals surface area contributed by atoms with E-state index in [1.807, 2.05) is 12.2 Å². The Hall–Kier alpha value is -2.68. The van der Waals surface area contributed by atoms with Gasteiger partial charge in [0.25, 0.3) is 15.9 Å². The van der Waals surface area contributed by atoms with E-state index in [-0.39, 0.29) is 17.2 Å². The molecule has 1 aliphatic carbocycles. The summed E-state index contributed by atoms with van der Waals surface area (Å²) < 4.78 is 32.3. The molecule has 3 rings (SSSR count). The van der Waals surface area contributed by atoms with Crippen LogP contribution in [-0.4, -0.2) is 39.3 Å². The number of sulfonamides is 1. The maximum atomic E-state index is 12.4. The van der Waals surface area contributed by atoms with Crippen molar-refractivity contribution >= 4 is 33.4 Å². The summed E-state index contributed by atoms with van der Waals surface area (Å²) in [6.45, 7) is 0.199. The van der Waals surface area contributed by atoms with Gasteiger partial charge in [0.15, 0.2) is 6.61 Å². The van der Waals surface area contributed by atoms with E-state index in [0.29, 0.717) is 24.5 Å². The molecule has 150 valence electrons. The van der Waals surface area contributed by atoms with Gasteiger partial charge < -0.3 is 10.1 Å². The summed E-state index contributed by atoms with van der Waals surface area (Å²) in [5, 5.41) is 2.54. The highest BCUT2D eigenvalue weighted by Crippen LogP contribution is 2.20. The molecule has 1 aromatic rings. The standard InChI is InChI=1S/C19H23N3O5S/c23-18(13-27-19(24)11-14-5-1-2-6-14)21-15-7-3-8-16(12-15)28(25,26)22-17-9-4-10-20-17/h1,3,5,7-8,12,14H,2,4,6,9-11,13H2,(H,20,22)(H,21,23)/t14-/m1/s1. The van der Waals surface area contributed by atoms with E-state index < -0.39 is 28.5 Å². The first-order chi connectivity index (χ1) is 13.4. The van der Waals surface area contributed by atoms with Gasteiger partial charge in [-0.15, -0.1) is 0 Å². The van der Waals surface area contributed by atoms with Crippen LogP contribution in [0.1, 0.15) is 32.1 Å². The van der Waals surface area contributed by atoms with Crippen LogP contribution in [0.5, 0.6) is 0 Å². The van der Waals surface area contributed by atoms with Gasteiger partial charge in [-0.3, -0.25) is 19.3 Å². The first kappa shape index (κ1) is 20.1. The minimum absolute atomic E-state index is 0.0184. The summed E-state index contributed by atoms with van der Waals surface area (Å²) >= 11 is 0. The molecule has 0 spiro atoms. The fraction of sp³-hybridized carbons (Fsp3) is 0.421. The molecule has 1 atom stereocenters. The van der Waals surface area contributed by atoms with Crippen molar-refractivity contribution < 1.29 is 22.7 Å². The van der Waals surface area contributed by atoms with Crippen LogP contribution in [0.15, 0.2) is 46.3 Å². The number of nitrogens with one attached hydrogen (secondary N) is 2. The number of hydrogen-bond acceptors (Lipinski definition) is 6. The Balaban J connectivity index is 1.52. The molecule has 1 amide bonds. The molecule has 0 saturated heterocycles. The number of nitrogens with zero attached hydrogens (tertiary/aromatic N) is 1. The molecule has 2 N–H and O–H groups in total. The summed E-state index contributed by atoms with van der Waals surface area (Å²) in [6, 6.07) is 5.87. The number of carbonyl (C=O) groups excluding carboxylic acids is 2. The van der Waals surface area contributed by atoms with Crippen molar-refractivity contribution in [3.63, 3.8) is 0 Å². The first-order valence-corrected chi connectivity index (χ1v) is 10.7. The third kappa shape index (κ3) is 5.66. The smallest absolute Gasteiger partial charge is 0.306 e. The number of aliphatic imine (C=N–C) groups is 1. The van der Waals surface area contributed by atoms with Crippen molar-refractivity contribution in [1.82, 2.24) is 4.72 Å². The number of anilines is 1. The zero-order chi connectivity index (χ0) is 20.0. The molecule has 8 nitrogen and oxygen atoms in total. The lowest BCUT2D eigenvalue weighted by Gasteiger charge is -2.11. The third-order valence-electron chi connectivity index (χ3n) is 4.46. The number of carbonyl (C=O) groups is 2. The van der Waals surface area contributed by atoms with Crippen LogP contribution in [0, 0.1) is 5.92 Å². The van der Waals surface area contributed by atoms with E-state index in [1.165, 1.54) is 18.2 Å². The van der Waals surface area contributed by atoms with Crippen molar-refractivity contribution in [2.75, 3.05) is 18.5 Å². The van der Waals surface area contributed by atoms with E-state index in [1.54, 1.807) is 6.07 Å². The molecule has 0 fully saturated rings. The molecule has 0 radical (unpaired) electrons. The Morgan fingerprint density at radius 2 is 2.14 bits per heavy atom. The van der Waals surface area contributed by atoms with Crippen molar-refractivity contribution in [2.45, 2.75) is 37.0 Å². The largest absolute Gasteiger partial charge is 0.456 e. The number of benzene rings is 1. The van der Waals surface area contributed by atoms with E-state index in [4.69, 9.17) is 4.74 Å². The number of rotatable bonds is 7. The van der Waals surface area contributed by atoms with E-state index in [9.17, 15) is 18.0 Å². The van der Waals surface area contributed by atoms with Gasteiger partial charge in [0, 0.05) is 18.7 Å². The van der Waals surface area contributed by atoms with Gasteiger partial charge in [0.05, 0.1) is 11.3 Å². The highest BCUT2D eigenvalue weighted by Gasteiger charge is 2.19. The number of amides is 1. The highest BCUT2D eigenvalue weighted by molar-refractivity contribution is 7.90. The molecular weight excluding hydrogens is 382 g/mol. The Morgan fingerprint density at radius 3 is 2.86 bits per heavy atom. The molecule has 1 heterocycles. The molecule has 1 aromatic carbocycles. The molecule has 1 aliphatic heterocycles. The van der Waals surface area contributed by atoms with Crippen LogP contribution in [0.25, 0.3) is 0 Å². The summed E-state index contributed by atoms with van der Waals surface area (Å²) in [4.78, 5) is 27.9. The van der Waals surface area contributed by atoms with Crippen molar-refractivity contribution in [3.05, 3.63) is 36.4 Å². The van der Waals surface area contributed by atoms with Crippen LogP contribution in [-0.2, 0) is 24.3 Å². The molecule has 2 aliphatic rings. The third-order valence-corrected chi connectivity index (χ3v) is 5.84. The first-order valence-electron chi connectivity index (χ1n) is 9.21.